The molecule has 0 saturated carbocycles. The molecule has 0 bridgehead atoms. The molecule has 1 aliphatic heterocycles. The van der Waals surface area contributed by atoms with Crippen molar-refractivity contribution in [2.24, 2.45) is 0 Å². The van der Waals surface area contributed by atoms with E-state index < -0.39 is 17.7 Å². The van der Waals surface area contributed by atoms with E-state index >= 15 is 0 Å². The van der Waals surface area contributed by atoms with Gasteiger partial charge in [-0.1, -0.05) is 24.8 Å². The number of ketones is 1. The zero-order chi connectivity index (χ0) is 24.0. The van der Waals surface area contributed by atoms with Crippen LogP contribution in [0.4, 0.5) is 0 Å². The molecule has 33 heavy (non-hydrogen) atoms. The van der Waals surface area contributed by atoms with E-state index in [0.29, 0.717) is 43.4 Å². The number of aliphatic hydroxyl groups is 1. The van der Waals surface area contributed by atoms with Gasteiger partial charge in [-0.25, -0.2) is 0 Å². The van der Waals surface area contributed by atoms with Crippen LogP contribution in [-0.4, -0.2) is 67.0 Å². The minimum atomic E-state index is -0.697. The predicted octanol–water partition coefficient (Wildman–Crippen LogP) is 3.63. The highest BCUT2D eigenvalue weighted by atomic mass is 16.5. The number of rotatable bonds is 10. The second-order valence-electron chi connectivity index (χ2n) is 7.92. The first-order chi connectivity index (χ1) is 15.9. The number of amides is 1. The van der Waals surface area contributed by atoms with Gasteiger partial charge in [0.1, 0.15) is 23.9 Å². The van der Waals surface area contributed by atoms with Crippen LogP contribution in [0.1, 0.15) is 24.1 Å². The summed E-state index contributed by atoms with van der Waals surface area (Å²) >= 11 is 0. The molecule has 0 aliphatic carbocycles. The van der Waals surface area contributed by atoms with Crippen LogP contribution in [0.5, 0.6) is 11.5 Å². The highest BCUT2D eigenvalue weighted by Crippen LogP contribution is 2.39. The van der Waals surface area contributed by atoms with E-state index in [1.54, 1.807) is 42.5 Å². The maximum atomic E-state index is 13.1. The fraction of sp³-hybridized carbons (Fsp3) is 0.308. The number of hydrogen-bond acceptors (Lipinski definition) is 6. The van der Waals surface area contributed by atoms with Crippen molar-refractivity contribution in [2.75, 3.05) is 40.4 Å². The fourth-order valence-electron chi connectivity index (χ4n) is 3.70. The molecule has 1 atom stereocenters. The standard InChI is InChI=1S/C26H30N2O5/c1-5-17-33-21-13-9-19(10-14-21)24(29)22-23(18-7-11-20(12-8-18)32-6-2)28(16-15-27(3)4)26(31)25(22)30/h5,7-14,23,29H,1,6,15-17H2,2-4H3/b24-22+/t23-/m0/s1. The van der Waals surface area contributed by atoms with Crippen LogP contribution in [0.25, 0.3) is 5.76 Å². The average molecular weight is 451 g/mol. The van der Waals surface area contributed by atoms with Crippen LogP contribution in [0.15, 0.2) is 66.8 Å². The van der Waals surface area contributed by atoms with Gasteiger partial charge in [0.05, 0.1) is 18.2 Å². The lowest BCUT2D eigenvalue weighted by molar-refractivity contribution is -0.140. The van der Waals surface area contributed by atoms with E-state index in [1.165, 1.54) is 4.90 Å². The minimum Gasteiger partial charge on any atom is -0.507 e. The number of nitrogens with zero attached hydrogens (tertiary/aromatic N) is 2. The van der Waals surface area contributed by atoms with Crippen molar-refractivity contribution in [3.8, 4) is 11.5 Å². The van der Waals surface area contributed by atoms with Crippen molar-refractivity contribution in [2.45, 2.75) is 13.0 Å². The van der Waals surface area contributed by atoms with Crippen LogP contribution in [0.2, 0.25) is 0 Å². The summed E-state index contributed by atoms with van der Waals surface area (Å²) in [4.78, 5) is 29.5. The Kier molecular flexibility index (Phi) is 7.90. The number of carbonyl (C=O) groups excluding carboxylic acids is 2. The molecule has 0 spiro atoms. The lowest BCUT2D eigenvalue weighted by atomic mass is 9.95. The zero-order valence-electron chi connectivity index (χ0n) is 19.3. The Morgan fingerprint density at radius 3 is 2.24 bits per heavy atom. The van der Waals surface area contributed by atoms with E-state index in [2.05, 4.69) is 6.58 Å². The van der Waals surface area contributed by atoms with Crippen LogP contribution >= 0.6 is 0 Å². The van der Waals surface area contributed by atoms with Crippen molar-refractivity contribution in [3.05, 3.63) is 77.9 Å². The number of hydrogen-bond donors (Lipinski definition) is 1. The van der Waals surface area contributed by atoms with Crippen LogP contribution < -0.4 is 9.47 Å². The number of carbonyl (C=O) groups is 2. The van der Waals surface area contributed by atoms with Crippen molar-refractivity contribution >= 4 is 17.4 Å². The monoisotopic (exact) mass is 450 g/mol. The molecule has 1 amide bonds. The number of aliphatic hydroxyl groups excluding tert-OH is 1. The molecule has 1 N–H and O–H groups in total. The fourth-order valence-corrected chi connectivity index (χ4v) is 3.70. The molecular formula is C26H30N2O5. The third kappa shape index (κ3) is 5.43. The maximum absolute atomic E-state index is 13.1. The topological polar surface area (TPSA) is 79.3 Å². The van der Waals surface area contributed by atoms with Gasteiger partial charge >= 0.3 is 0 Å². The molecule has 0 aromatic heterocycles. The second-order valence-corrected chi connectivity index (χ2v) is 7.92. The third-order valence-corrected chi connectivity index (χ3v) is 5.33. The molecule has 2 aromatic rings. The number of Topliss-reactive ketones (excluding diaryl/α,β-unsaturated/α-hetero) is 1. The lowest BCUT2D eigenvalue weighted by Crippen LogP contribution is -2.35. The van der Waals surface area contributed by atoms with E-state index in [1.807, 2.05) is 38.1 Å². The van der Waals surface area contributed by atoms with Gasteiger partial charge in [0, 0.05) is 18.7 Å². The second kappa shape index (κ2) is 10.8. The van der Waals surface area contributed by atoms with Crippen molar-refractivity contribution in [3.63, 3.8) is 0 Å². The number of likely N-dealkylation sites (N-methyl/N-ethyl adjacent to an activating group) is 1. The SMILES string of the molecule is C=CCOc1ccc(/C(O)=C2\C(=O)C(=O)N(CCN(C)C)[C@H]2c2ccc(OCC)cc2)cc1. The third-order valence-electron chi connectivity index (χ3n) is 5.33. The van der Waals surface area contributed by atoms with Gasteiger partial charge < -0.3 is 24.4 Å². The zero-order valence-corrected chi connectivity index (χ0v) is 19.3. The summed E-state index contributed by atoms with van der Waals surface area (Å²) in [6.45, 7) is 7.34. The Hall–Kier alpha value is -3.58. The predicted molar refractivity (Wildman–Crippen MR) is 127 cm³/mol. The van der Waals surface area contributed by atoms with Crippen molar-refractivity contribution < 1.29 is 24.2 Å². The van der Waals surface area contributed by atoms with E-state index in [0.717, 1.165) is 5.56 Å². The Labute approximate surface area is 194 Å². The average Bonchev–Trinajstić information content (AvgIpc) is 3.06. The van der Waals surface area contributed by atoms with Gasteiger partial charge in [-0.05, 0) is 63.0 Å². The molecule has 7 heteroatoms. The summed E-state index contributed by atoms with van der Waals surface area (Å²) in [6, 6.07) is 13.3. The smallest absolute Gasteiger partial charge is 0.295 e. The summed E-state index contributed by atoms with van der Waals surface area (Å²) in [5.41, 5.74) is 1.23. The summed E-state index contributed by atoms with van der Waals surface area (Å²) < 4.78 is 11.0. The van der Waals surface area contributed by atoms with Gasteiger partial charge in [0.25, 0.3) is 11.7 Å². The van der Waals surface area contributed by atoms with E-state index in [9.17, 15) is 14.7 Å². The first-order valence-electron chi connectivity index (χ1n) is 10.9. The molecule has 1 saturated heterocycles. The molecule has 1 aliphatic rings. The highest BCUT2D eigenvalue weighted by Gasteiger charge is 2.45. The highest BCUT2D eigenvalue weighted by molar-refractivity contribution is 6.46. The van der Waals surface area contributed by atoms with Crippen LogP contribution in [0.3, 0.4) is 0 Å². The molecule has 0 radical (unpaired) electrons. The molecule has 2 aromatic carbocycles. The number of benzene rings is 2. The van der Waals surface area contributed by atoms with Crippen molar-refractivity contribution in [1.29, 1.82) is 0 Å². The van der Waals surface area contributed by atoms with E-state index in [4.69, 9.17) is 9.47 Å². The summed E-state index contributed by atoms with van der Waals surface area (Å²) in [7, 11) is 3.80. The van der Waals surface area contributed by atoms with Crippen molar-refractivity contribution in [1.82, 2.24) is 9.80 Å². The quantitative estimate of drug-likeness (QED) is 0.258. The molecular weight excluding hydrogens is 420 g/mol. The maximum Gasteiger partial charge on any atom is 0.295 e. The Balaban J connectivity index is 2.04. The largest absolute Gasteiger partial charge is 0.507 e. The normalized spacial score (nSPS) is 17.5. The Morgan fingerprint density at radius 2 is 1.67 bits per heavy atom. The molecule has 0 unspecified atom stereocenters. The Morgan fingerprint density at radius 1 is 1.06 bits per heavy atom. The summed E-state index contributed by atoms with van der Waals surface area (Å²) in [6.07, 6.45) is 1.64. The first-order valence-corrected chi connectivity index (χ1v) is 10.9. The minimum absolute atomic E-state index is 0.0719. The van der Waals surface area contributed by atoms with Crippen LogP contribution in [0, 0.1) is 0 Å². The lowest BCUT2D eigenvalue weighted by Gasteiger charge is -2.26. The first kappa shape index (κ1) is 24.1. The van der Waals surface area contributed by atoms with Gasteiger partial charge in [-0.15, -0.1) is 0 Å². The van der Waals surface area contributed by atoms with E-state index in [-0.39, 0.29) is 11.3 Å². The van der Waals surface area contributed by atoms with Gasteiger partial charge in [-0.2, -0.15) is 0 Å². The van der Waals surface area contributed by atoms with Gasteiger partial charge in [0.15, 0.2) is 0 Å². The van der Waals surface area contributed by atoms with Gasteiger partial charge in [0.2, 0.25) is 0 Å². The molecule has 7 nitrogen and oxygen atoms in total. The summed E-state index contributed by atoms with van der Waals surface area (Å²) in [5, 5.41) is 11.1. The molecule has 174 valence electrons. The number of likely N-dealkylation sites (tertiary alicyclic amines) is 1. The van der Waals surface area contributed by atoms with Gasteiger partial charge in [-0.3, -0.25) is 9.59 Å². The molecule has 1 fully saturated rings. The van der Waals surface area contributed by atoms with Crippen LogP contribution in [-0.2, 0) is 9.59 Å². The Bertz CT molecular complexity index is 1030. The molecule has 3 rings (SSSR count). The summed E-state index contributed by atoms with van der Waals surface area (Å²) in [5.74, 6) is -0.224. The molecule has 1 heterocycles. The number of ether oxygens (including phenoxy) is 2.